The van der Waals surface area contributed by atoms with Gasteiger partial charge in [0.05, 0.1) is 44.4 Å². The van der Waals surface area contributed by atoms with Crippen molar-refractivity contribution in [2.24, 2.45) is 10.9 Å². The molecule has 10 aliphatic rings. The van der Waals surface area contributed by atoms with E-state index < -0.39 is 69.0 Å². The average Bonchev–Trinajstić information content (AvgIpc) is 0.849. The molecule has 632 valence electrons. The second kappa shape index (κ2) is 37.5. The highest BCUT2D eigenvalue weighted by atomic mass is 32.2. The molecular formula is C82H119N13O16S4. The van der Waals surface area contributed by atoms with Crippen molar-refractivity contribution in [3.05, 3.63) is 131 Å². The minimum Gasteiger partial charge on any atom is -0.358 e. The first-order valence-corrected chi connectivity index (χ1v) is 46.1. The maximum Gasteiger partial charge on any atom is 0.245 e. The molecule has 0 radical (unpaired) electrons. The Balaban J connectivity index is 0.000000151. The molecule has 0 bridgehead atoms. The van der Waals surface area contributed by atoms with E-state index in [1.54, 1.807) is 75.5 Å². The minimum absolute atomic E-state index is 0.0748. The number of ether oxygens (including phenoxy) is 3. The largest absolute Gasteiger partial charge is 0.358 e. The Morgan fingerprint density at radius 1 is 0.513 bits per heavy atom. The van der Waals surface area contributed by atoms with Crippen LogP contribution in [0.25, 0.3) is 0 Å². The highest BCUT2D eigenvalue weighted by molar-refractivity contribution is 7.90. The lowest BCUT2D eigenvalue weighted by atomic mass is 9.99. The van der Waals surface area contributed by atoms with E-state index in [1.165, 1.54) is 85.5 Å². The summed E-state index contributed by atoms with van der Waals surface area (Å²) < 4.78 is 134. The zero-order valence-corrected chi connectivity index (χ0v) is 71.9. The van der Waals surface area contributed by atoms with Gasteiger partial charge >= 0.3 is 0 Å². The van der Waals surface area contributed by atoms with E-state index in [1.807, 2.05) is 58.2 Å². The number of sulfonamides is 4. The van der Waals surface area contributed by atoms with Crippen LogP contribution >= 0.6 is 0 Å². The summed E-state index contributed by atoms with van der Waals surface area (Å²) in [5, 5.41) is 9.48. The Morgan fingerprint density at radius 3 is 1.32 bits per heavy atom. The van der Waals surface area contributed by atoms with Crippen LogP contribution in [-0.2, 0) is 59.1 Å². The molecule has 115 heavy (non-hydrogen) atoms. The van der Waals surface area contributed by atoms with E-state index in [-0.39, 0.29) is 73.3 Å². The third kappa shape index (κ3) is 20.9. The Bertz CT molecular complexity index is 4620. The molecule has 0 aromatic heterocycles. The predicted molar refractivity (Wildman–Crippen MR) is 439 cm³/mol. The fraction of sp³-hybridized carbons (Fsp3) is 0.610. The zero-order chi connectivity index (χ0) is 83.1. The number of amides is 1. The number of nitrogens with zero attached hydrogens (tertiary/aromatic N) is 10. The fourth-order valence-corrected chi connectivity index (χ4v) is 24.5. The van der Waals surface area contributed by atoms with Gasteiger partial charge in [-0.05, 0) is 203 Å². The summed E-state index contributed by atoms with van der Waals surface area (Å²) >= 11 is 0. The molecule has 9 heterocycles. The molecule has 1 aliphatic carbocycles. The topological polar surface area (TPSA) is 327 Å². The quantitative estimate of drug-likeness (QED) is 0.0464. The molecule has 4 atom stereocenters. The first-order chi connectivity index (χ1) is 54.4. The Labute approximate surface area is 681 Å². The molecule has 4 spiro atoms. The van der Waals surface area contributed by atoms with Gasteiger partial charge in [-0.15, -0.1) is 0 Å². The van der Waals surface area contributed by atoms with Crippen LogP contribution in [0.5, 0.6) is 0 Å². The molecule has 29 nitrogen and oxygen atoms in total. The van der Waals surface area contributed by atoms with Gasteiger partial charge in [0.2, 0.25) is 46.0 Å². The van der Waals surface area contributed by atoms with Crippen molar-refractivity contribution in [1.29, 1.82) is 0 Å². The molecule has 3 N–H and O–H groups in total. The maximum absolute atomic E-state index is 13.8. The smallest absolute Gasteiger partial charge is 0.245 e. The fourth-order valence-electron chi connectivity index (χ4n) is 17.1. The Morgan fingerprint density at radius 2 is 0.922 bits per heavy atom. The van der Waals surface area contributed by atoms with Crippen LogP contribution in [0.2, 0.25) is 0 Å². The molecule has 4 aromatic rings. The molecule has 1 amide bonds. The summed E-state index contributed by atoms with van der Waals surface area (Å²) in [5.74, 6) is 0.163. The van der Waals surface area contributed by atoms with Gasteiger partial charge in [-0.25, -0.2) is 33.7 Å². The third-order valence-corrected chi connectivity index (χ3v) is 31.3. The highest BCUT2D eigenvalue weighted by Gasteiger charge is 2.59. The molecule has 14 rings (SSSR count). The number of likely N-dealkylation sites (tertiary alicyclic amines) is 2. The average molecular weight is 1670 g/mol. The van der Waals surface area contributed by atoms with Crippen molar-refractivity contribution in [3.8, 4) is 0 Å². The normalized spacial score (nSPS) is 23.9. The number of unbranched alkanes of at least 4 members (excludes halogenated alkanes) is 1. The van der Waals surface area contributed by atoms with Crippen molar-refractivity contribution < 1.29 is 71.9 Å². The van der Waals surface area contributed by atoms with Crippen LogP contribution in [0, 0.1) is 5.92 Å². The van der Waals surface area contributed by atoms with E-state index in [0.29, 0.717) is 126 Å². The second-order valence-corrected chi connectivity index (χ2v) is 40.5. The van der Waals surface area contributed by atoms with Crippen molar-refractivity contribution in [2.75, 3.05) is 148 Å². The molecular weight excluding hydrogens is 1550 g/mol. The molecule has 8 saturated heterocycles. The number of allylic oxidation sites excluding steroid dienone is 1. The number of carbonyl (C=O) groups excluding carboxylic acids is 5. The molecule has 9 fully saturated rings. The lowest BCUT2D eigenvalue weighted by Gasteiger charge is -2.43. The van der Waals surface area contributed by atoms with Crippen molar-refractivity contribution in [2.45, 2.75) is 191 Å². The first kappa shape index (κ1) is 89.5. The van der Waals surface area contributed by atoms with Gasteiger partial charge < -0.3 is 54.7 Å². The maximum atomic E-state index is 13.8. The number of Topliss-reactive ketones (excluding diaryl/α,β-unsaturated/α-hetero) is 4. The van der Waals surface area contributed by atoms with Crippen LogP contribution in [0.1, 0.15) is 165 Å². The SMILES string of the molecule is CC(=O)c1ccc(S(=O)(=O)N2C(CC3=CCC=N3)C(=O)NC23CCNCC3)cc1.CC(=O)c1ccc(S(=O)(=O)N2C(CCCCN(C)C)COC23CCN(C)CC3)cc1.CC(=O)c1ccc(S(=O)(=O)N2CC(CN(C)C)OC23CCN(CC2CC2)CC3)cc1.CC(=O)c1ccc(S(=O)(=O)N2CC(CN(C)C)OC23CCNCC3)cc1. The van der Waals surface area contributed by atoms with E-state index in [9.17, 15) is 57.6 Å². The number of aliphatic imine (C=N–C) groups is 1. The van der Waals surface area contributed by atoms with Gasteiger partial charge in [-0.3, -0.25) is 29.0 Å². The number of piperidine rings is 4. The first-order valence-electron chi connectivity index (χ1n) is 40.3. The number of hydrogen-bond donors (Lipinski definition) is 3. The standard InChI is InChI=1S/C22H33N3O4S.C22H35N3O4S.C20H24N4O4S.C18H27N3O4S/c1-17(26)19-6-8-21(9-7-19)30(27,28)25-16-20(15-23(2)3)29-22(25)10-12-24(13-11-22)14-18-4-5-18;1-18(26)19-8-10-21(11-9-19)30(27,28)25-20(7-5-6-14-23(2)3)17-29-22(25)12-15-24(4)16-13-22;1-14(25)15-4-6-17(7-5-15)29(27,28)24-18(13-16-3-2-10-22-16)19(26)23-20(24)8-11-21-12-9-20;1-14(22)15-4-6-17(7-5-15)26(23,24)21-13-16(12-20(2)3)25-18(21)8-10-19-11-9-18/h6-9,18,20H,4-5,10-16H2,1-3H3;8-11,20H,5-7,12-17H2,1-4H3;3-7,10,18,21H,2,8-9,11-13H2,1H3,(H,23,26);4-7,16,19H,8-13H2,1-3H3. The van der Waals surface area contributed by atoms with Crippen molar-refractivity contribution in [3.63, 3.8) is 0 Å². The second-order valence-electron chi connectivity index (χ2n) is 33.1. The zero-order valence-electron chi connectivity index (χ0n) is 68.6. The lowest BCUT2D eigenvalue weighted by Crippen LogP contribution is -2.60. The van der Waals surface area contributed by atoms with Crippen LogP contribution in [0.15, 0.2) is 133 Å². The van der Waals surface area contributed by atoms with Crippen LogP contribution in [0.3, 0.4) is 0 Å². The number of rotatable bonds is 25. The van der Waals surface area contributed by atoms with Gasteiger partial charge in [-0.2, -0.15) is 17.2 Å². The molecule has 4 aromatic carbocycles. The molecule has 9 aliphatic heterocycles. The van der Waals surface area contributed by atoms with E-state index >= 15 is 0 Å². The highest BCUT2D eigenvalue weighted by Crippen LogP contribution is 2.46. The molecule has 4 unspecified atom stereocenters. The summed E-state index contributed by atoms with van der Waals surface area (Å²) in [5.41, 5.74) is -0.584. The van der Waals surface area contributed by atoms with Crippen molar-refractivity contribution >= 4 is 75.3 Å². The van der Waals surface area contributed by atoms with Gasteiger partial charge in [0.15, 0.2) is 23.1 Å². The lowest BCUT2D eigenvalue weighted by molar-refractivity contribution is -0.121. The van der Waals surface area contributed by atoms with E-state index in [0.717, 1.165) is 83.2 Å². The van der Waals surface area contributed by atoms with Gasteiger partial charge in [-0.1, -0.05) is 61.0 Å². The van der Waals surface area contributed by atoms with E-state index in [4.69, 9.17) is 14.2 Å². The number of benzene rings is 4. The molecule has 33 heteroatoms. The molecule has 1 saturated carbocycles. The number of nitrogens with one attached hydrogen (secondary N) is 3. The van der Waals surface area contributed by atoms with Gasteiger partial charge in [0.25, 0.3) is 0 Å². The number of likely N-dealkylation sites (N-methyl/N-ethyl adjacent to an activating group) is 2. The summed E-state index contributed by atoms with van der Waals surface area (Å²) in [6.07, 6.45) is 14.6. The summed E-state index contributed by atoms with van der Waals surface area (Å²) in [6.45, 7) is 16.5. The van der Waals surface area contributed by atoms with Crippen LogP contribution in [0.4, 0.5) is 0 Å². The minimum atomic E-state index is -3.98. The summed E-state index contributed by atoms with van der Waals surface area (Å²) in [6, 6.07) is 23.6. The van der Waals surface area contributed by atoms with Gasteiger partial charge in [0.1, 0.15) is 28.9 Å². The number of hydrogen-bond acceptors (Lipinski definition) is 24. The van der Waals surface area contributed by atoms with Crippen LogP contribution < -0.4 is 16.0 Å². The number of ketones is 4. The Hall–Kier alpha value is -6.32. The third-order valence-electron chi connectivity index (χ3n) is 23.5. The summed E-state index contributed by atoms with van der Waals surface area (Å²) in [4.78, 5) is 75.0. The van der Waals surface area contributed by atoms with Gasteiger partial charge in [0, 0.05) is 144 Å². The van der Waals surface area contributed by atoms with Crippen LogP contribution in [-0.4, -0.2) is 305 Å². The number of carbonyl (C=O) groups is 5. The summed E-state index contributed by atoms with van der Waals surface area (Å²) in [7, 11) is -1.14. The van der Waals surface area contributed by atoms with Crippen molar-refractivity contribution in [1.82, 2.24) is 57.7 Å². The Kier molecular flexibility index (Phi) is 29.2. The van der Waals surface area contributed by atoms with E-state index in [2.05, 4.69) is 42.7 Å². The monoisotopic (exact) mass is 1670 g/mol. The predicted octanol–water partition coefficient (Wildman–Crippen LogP) is 6.60.